The van der Waals surface area contributed by atoms with E-state index in [-0.39, 0.29) is 23.7 Å². The number of benzene rings is 2. The molecule has 0 fully saturated rings. The van der Waals surface area contributed by atoms with Gasteiger partial charge in [-0.15, -0.1) is 0 Å². The van der Waals surface area contributed by atoms with Crippen molar-refractivity contribution in [3.05, 3.63) is 64.2 Å². The summed E-state index contributed by atoms with van der Waals surface area (Å²) in [5, 5.41) is 11.8. The lowest BCUT2D eigenvalue weighted by Gasteiger charge is -2.14. The van der Waals surface area contributed by atoms with Crippen molar-refractivity contribution in [1.82, 2.24) is 5.32 Å². The molecule has 9 heteroatoms. The summed E-state index contributed by atoms with van der Waals surface area (Å²) < 4.78 is 30.5. The molecule has 0 bridgehead atoms. The molecule has 0 aliphatic rings. The minimum absolute atomic E-state index is 0.146. The molecule has 27 heavy (non-hydrogen) atoms. The Hall–Kier alpha value is -2.94. The van der Waals surface area contributed by atoms with Crippen molar-refractivity contribution in [3.8, 4) is 5.75 Å². The third-order valence-electron chi connectivity index (χ3n) is 3.87. The molecule has 144 valence electrons. The van der Waals surface area contributed by atoms with E-state index in [0.29, 0.717) is 5.75 Å². The number of rotatable bonds is 8. The first-order valence-corrected chi connectivity index (χ1v) is 9.72. The number of nitrogens with one attached hydrogen (secondary N) is 1. The largest absolute Gasteiger partial charge is 0.492 e. The molecule has 2 aromatic carbocycles. The highest BCUT2D eigenvalue weighted by Gasteiger charge is 2.29. The highest BCUT2D eigenvalue weighted by atomic mass is 32.2. The van der Waals surface area contributed by atoms with E-state index in [1.165, 1.54) is 6.92 Å². The second-order valence-corrected chi connectivity index (χ2v) is 8.16. The molecule has 2 aromatic rings. The van der Waals surface area contributed by atoms with Gasteiger partial charge in [-0.3, -0.25) is 14.9 Å². The topological polar surface area (TPSA) is 116 Å². The number of hydrogen-bond donors (Lipinski definition) is 1. The number of non-ortho nitro benzene ring substituents is 1. The summed E-state index contributed by atoms with van der Waals surface area (Å²) in [5.74, 6) is -0.00278. The average Bonchev–Trinajstić information content (AvgIpc) is 2.64. The standard InChI is InChI=1S/C18H20N2O6S/c1-13-4-3-5-16(12-13)26-11-10-19-18(21)14(2)27(24,25)17-8-6-15(7-9-17)20(22)23/h3-9,12,14H,10-11H2,1-2H3,(H,19,21)/t14-/m0/s1. The van der Waals surface area contributed by atoms with Gasteiger partial charge in [-0.05, 0) is 43.7 Å². The molecular weight excluding hydrogens is 372 g/mol. The lowest BCUT2D eigenvalue weighted by atomic mass is 10.2. The molecule has 0 radical (unpaired) electrons. The number of carbonyl (C=O) groups is 1. The van der Waals surface area contributed by atoms with E-state index in [2.05, 4.69) is 5.32 Å². The molecule has 0 spiro atoms. The number of sulfone groups is 1. The van der Waals surface area contributed by atoms with Crippen molar-refractivity contribution < 1.29 is 22.9 Å². The van der Waals surface area contributed by atoms with Crippen molar-refractivity contribution in [2.45, 2.75) is 24.0 Å². The minimum Gasteiger partial charge on any atom is -0.492 e. The normalized spacial score (nSPS) is 12.2. The first kappa shape index (κ1) is 20.4. The number of ether oxygens (including phenoxy) is 1. The molecular formula is C18H20N2O6S. The molecule has 0 aliphatic heterocycles. The quantitative estimate of drug-likeness (QED) is 0.418. The molecule has 0 unspecified atom stereocenters. The average molecular weight is 392 g/mol. The van der Waals surface area contributed by atoms with Gasteiger partial charge >= 0.3 is 0 Å². The molecule has 1 amide bonds. The maximum atomic E-state index is 12.5. The van der Waals surface area contributed by atoms with Crippen molar-refractivity contribution in [2.24, 2.45) is 0 Å². The van der Waals surface area contributed by atoms with Gasteiger partial charge in [0.25, 0.3) is 5.69 Å². The molecule has 0 heterocycles. The van der Waals surface area contributed by atoms with Crippen molar-refractivity contribution in [3.63, 3.8) is 0 Å². The fraction of sp³-hybridized carbons (Fsp3) is 0.278. The molecule has 0 aliphatic carbocycles. The third-order valence-corrected chi connectivity index (χ3v) is 5.94. The Morgan fingerprint density at radius 3 is 2.48 bits per heavy atom. The van der Waals surface area contributed by atoms with E-state index < -0.39 is 25.9 Å². The number of carbonyl (C=O) groups excluding carboxylic acids is 1. The van der Waals surface area contributed by atoms with Gasteiger partial charge < -0.3 is 10.1 Å². The van der Waals surface area contributed by atoms with Gasteiger partial charge in [0.2, 0.25) is 5.91 Å². The Kier molecular flexibility index (Phi) is 6.51. The van der Waals surface area contributed by atoms with Gasteiger partial charge in [0.15, 0.2) is 9.84 Å². The van der Waals surface area contributed by atoms with Crippen LogP contribution in [0.3, 0.4) is 0 Å². The zero-order valence-corrected chi connectivity index (χ0v) is 15.7. The summed E-state index contributed by atoms with van der Waals surface area (Å²) in [6.07, 6.45) is 0. The summed E-state index contributed by atoms with van der Waals surface area (Å²) in [7, 11) is -3.95. The van der Waals surface area contributed by atoms with Gasteiger partial charge in [-0.25, -0.2) is 8.42 Å². The fourth-order valence-corrected chi connectivity index (χ4v) is 3.58. The first-order chi connectivity index (χ1) is 12.7. The predicted molar refractivity (Wildman–Crippen MR) is 99.4 cm³/mol. The predicted octanol–water partition coefficient (Wildman–Crippen LogP) is 2.26. The summed E-state index contributed by atoms with van der Waals surface area (Å²) in [6.45, 7) is 3.54. The van der Waals surface area contributed by atoms with Crippen LogP contribution in [0.5, 0.6) is 5.75 Å². The maximum Gasteiger partial charge on any atom is 0.269 e. The Labute approximate surface area is 157 Å². The van der Waals surface area contributed by atoms with E-state index in [1.807, 2.05) is 25.1 Å². The van der Waals surface area contributed by atoms with Crippen LogP contribution >= 0.6 is 0 Å². The summed E-state index contributed by atoms with van der Waals surface area (Å²) >= 11 is 0. The molecule has 2 rings (SSSR count). The minimum atomic E-state index is -3.95. The van der Waals surface area contributed by atoms with E-state index in [0.717, 1.165) is 29.8 Å². The van der Waals surface area contributed by atoms with Crippen molar-refractivity contribution >= 4 is 21.4 Å². The number of nitrogens with zero attached hydrogens (tertiary/aromatic N) is 1. The lowest BCUT2D eigenvalue weighted by Crippen LogP contribution is -2.39. The second kappa shape index (κ2) is 8.63. The van der Waals surface area contributed by atoms with Gasteiger partial charge in [0.1, 0.15) is 17.6 Å². The monoisotopic (exact) mass is 392 g/mol. The van der Waals surface area contributed by atoms with Crippen LogP contribution in [-0.2, 0) is 14.6 Å². The number of aryl methyl sites for hydroxylation is 1. The Morgan fingerprint density at radius 2 is 1.89 bits per heavy atom. The SMILES string of the molecule is Cc1cccc(OCCNC(=O)[C@H](C)S(=O)(=O)c2ccc([N+](=O)[O-])cc2)c1. The summed E-state index contributed by atoms with van der Waals surface area (Å²) in [6, 6.07) is 11.8. The van der Waals surface area contributed by atoms with E-state index >= 15 is 0 Å². The van der Waals surface area contributed by atoms with E-state index in [9.17, 15) is 23.3 Å². The third kappa shape index (κ3) is 5.27. The van der Waals surface area contributed by atoms with Gasteiger partial charge in [0.05, 0.1) is 16.4 Å². The van der Waals surface area contributed by atoms with Crippen LogP contribution in [0.25, 0.3) is 0 Å². The molecule has 0 saturated carbocycles. The van der Waals surface area contributed by atoms with Crippen LogP contribution in [0.4, 0.5) is 5.69 Å². The number of nitro groups is 1. The maximum absolute atomic E-state index is 12.5. The Bertz CT molecular complexity index is 925. The van der Waals surface area contributed by atoms with E-state index in [1.54, 1.807) is 6.07 Å². The lowest BCUT2D eigenvalue weighted by molar-refractivity contribution is -0.384. The molecule has 0 aromatic heterocycles. The Balaban J connectivity index is 1.92. The van der Waals surface area contributed by atoms with Crippen LogP contribution in [0.1, 0.15) is 12.5 Å². The van der Waals surface area contributed by atoms with Crippen LogP contribution in [0.2, 0.25) is 0 Å². The molecule has 1 N–H and O–H groups in total. The number of nitro benzene ring substituents is 1. The Morgan fingerprint density at radius 1 is 1.22 bits per heavy atom. The zero-order chi connectivity index (χ0) is 20.0. The molecule has 8 nitrogen and oxygen atoms in total. The number of hydrogen-bond acceptors (Lipinski definition) is 6. The zero-order valence-electron chi connectivity index (χ0n) is 14.9. The number of amides is 1. The summed E-state index contributed by atoms with van der Waals surface area (Å²) in [4.78, 5) is 22.0. The van der Waals surface area contributed by atoms with Crippen molar-refractivity contribution in [1.29, 1.82) is 0 Å². The van der Waals surface area contributed by atoms with Crippen LogP contribution in [0.15, 0.2) is 53.4 Å². The van der Waals surface area contributed by atoms with Crippen LogP contribution in [0, 0.1) is 17.0 Å². The van der Waals surface area contributed by atoms with Crippen molar-refractivity contribution in [2.75, 3.05) is 13.2 Å². The van der Waals surface area contributed by atoms with Gasteiger partial charge in [-0.1, -0.05) is 12.1 Å². The second-order valence-electron chi connectivity index (χ2n) is 5.89. The van der Waals surface area contributed by atoms with Gasteiger partial charge in [0, 0.05) is 12.1 Å². The summed E-state index contributed by atoms with van der Waals surface area (Å²) in [5.41, 5.74) is 0.818. The molecule has 0 saturated heterocycles. The van der Waals surface area contributed by atoms with E-state index in [4.69, 9.17) is 4.74 Å². The first-order valence-electron chi connectivity index (χ1n) is 8.17. The highest BCUT2D eigenvalue weighted by Crippen LogP contribution is 2.20. The van der Waals surface area contributed by atoms with Crippen LogP contribution < -0.4 is 10.1 Å². The van der Waals surface area contributed by atoms with Crippen LogP contribution in [-0.4, -0.2) is 37.6 Å². The molecule has 1 atom stereocenters. The highest BCUT2D eigenvalue weighted by molar-refractivity contribution is 7.92. The smallest absolute Gasteiger partial charge is 0.269 e. The fourth-order valence-electron chi connectivity index (χ4n) is 2.29. The van der Waals surface area contributed by atoms with Gasteiger partial charge in [-0.2, -0.15) is 0 Å².